The van der Waals surface area contributed by atoms with Crippen LogP contribution < -0.4 is 4.74 Å². The molecule has 3 aliphatic rings. The van der Waals surface area contributed by atoms with E-state index < -0.39 is 17.9 Å². The Bertz CT molecular complexity index is 1350. The molecule has 2 bridgehead atoms. The van der Waals surface area contributed by atoms with E-state index >= 15 is 0 Å². The number of carboxylic acids is 2. The average Bonchev–Trinajstić information content (AvgIpc) is 3.66. The van der Waals surface area contributed by atoms with E-state index in [9.17, 15) is 29.7 Å². The first-order valence-corrected chi connectivity index (χ1v) is 14.1. The van der Waals surface area contributed by atoms with Crippen LogP contribution in [0, 0.1) is 17.8 Å². The third-order valence-electron chi connectivity index (χ3n) is 7.91. The summed E-state index contributed by atoms with van der Waals surface area (Å²) in [5, 5.41) is 28.6. The van der Waals surface area contributed by atoms with Gasteiger partial charge in [0.15, 0.2) is 5.92 Å². The quantitative estimate of drug-likeness (QED) is 0.199. The van der Waals surface area contributed by atoms with E-state index in [0.717, 1.165) is 19.3 Å². The number of phenolic OH excluding ortho intramolecular Hbond substituents is 1. The summed E-state index contributed by atoms with van der Waals surface area (Å²) in [4.78, 5) is 38.3. The summed E-state index contributed by atoms with van der Waals surface area (Å²) in [6.07, 6.45) is 6.68. The molecule has 11 heteroatoms. The van der Waals surface area contributed by atoms with Crippen LogP contribution in [-0.2, 0) is 20.8 Å². The number of aliphatic carboxylic acids is 2. The summed E-state index contributed by atoms with van der Waals surface area (Å²) in [5.41, 5.74) is 1.24. The molecule has 206 valence electrons. The van der Waals surface area contributed by atoms with Crippen LogP contribution in [0.15, 0.2) is 33.6 Å². The number of phenols is 1. The molecule has 0 spiro atoms. The lowest BCUT2D eigenvalue weighted by atomic mass is 9.94. The van der Waals surface area contributed by atoms with E-state index in [1.807, 2.05) is 0 Å². The van der Waals surface area contributed by atoms with Crippen LogP contribution in [0.3, 0.4) is 0 Å². The number of ether oxygens (including phenoxy) is 1. The van der Waals surface area contributed by atoms with Crippen molar-refractivity contribution in [2.24, 2.45) is 17.8 Å². The minimum Gasteiger partial charge on any atom is -0.508 e. The highest BCUT2D eigenvalue weighted by Gasteiger charge is 2.48. The molecular formula is C28H29NO8S2. The fourth-order valence-electron chi connectivity index (χ4n) is 6.01. The van der Waals surface area contributed by atoms with E-state index in [-0.39, 0.29) is 30.5 Å². The number of benzene rings is 1. The monoisotopic (exact) mass is 571 g/mol. The number of carbonyl (C=O) groups is 3. The van der Waals surface area contributed by atoms with Crippen LogP contribution in [0.1, 0.15) is 49.8 Å². The molecule has 1 aromatic heterocycles. The van der Waals surface area contributed by atoms with E-state index in [4.69, 9.17) is 21.4 Å². The van der Waals surface area contributed by atoms with Gasteiger partial charge in [-0.05, 0) is 74.1 Å². The number of nitrogens with zero attached hydrogens (tertiary/aromatic N) is 1. The van der Waals surface area contributed by atoms with Crippen molar-refractivity contribution in [2.75, 3.05) is 7.11 Å². The van der Waals surface area contributed by atoms with Gasteiger partial charge in [-0.3, -0.25) is 19.3 Å². The fraction of sp³-hybridized carbons (Fsp3) is 0.429. The van der Waals surface area contributed by atoms with Gasteiger partial charge in [0.2, 0.25) is 0 Å². The topological polar surface area (TPSA) is 138 Å². The second kappa shape index (κ2) is 11.1. The number of hydrogen-bond donors (Lipinski definition) is 3. The van der Waals surface area contributed by atoms with E-state index in [1.165, 1.54) is 37.4 Å². The molecule has 2 aliphatic carbocycles. The van der Waals surface area contributed by atoms with Crippen LogP contribution in [0.4, 0.5) is 0 Å². The van der Waals surface area contributed by atoms with Gasteiger partial charge in [0, 0.05) is 23.7 Å². The highest BCUT2D eigenvalue weighted by Crippen LogP contribution is 2.49. The number of rotatable bonds is 10. The molecule has 3 fully saturated rings. The highest BCUT2D eigenvalue weighted by molar-refractivity contribution is 8.26. The van der Waals surface area contributed by atoms with Gasteiger partial charge in [0.25, 0.3) is 5.91 Å². The molecule has 3 unspecified atom stereocenters. The molecule has 1 saturated heterocycles. The van der Waals surface area contributed by atoms with Crippen molar-refractivity contribution in [2.45, 2.75) is 51.0 Å². The third-order valence-corrected chi connectivity index (χ3v) is 9.24. The SMILES string of the molecule is COc1cc(O)cc(-c2cc(CCCC(C(=O)O)C(=O)O)c(C=C3SC(=S)N(C4CC5CCC4C5)C3=O)o2)c1. The number of thioether (sulfide) groups is 1. The molecule has 3 N–H and O–H groups in total. The van der Waals surface area contributed by atoms with Gasteiger partial charge < -0.3 is 24.5 Å². The number of aromatic hydroxyl groups is 1. The first-order valence-electron chi connectivity index (χ1n) is 12.9. The molecular weight excluding hydrogens is 542 g/mol. The minimum absolute atomic E-state index is 0.0126. The summed E-state index contributed by atoms with van der Waals surface area (Å²) >= 11 is 6.85. The van der Waals surface area contributed by atoms with Crippen molar-refractivity contribution in [3.63, 3.8) is 0 Å². The van der Waals surface area contributed by atoms with Crippen molar-refractivity contribution < 1.29 is 38.9 Å². The van der Waals surface area contributed by atoms with Crippen molar-refractivity contribution in [3.8, 4) is 22.8 Å². The smallest absolute Gasteiger partial charge is 0.317 e. The van der Waals surface area contributed by atoms with Crippen LogP contribution in [0.25, 0.3) is 17.4 Å². The van der Waals surface area contributed by atoms with E-state index in [1.54, 1.807) is 23.1 Å². The van der Waals surface area contributed by atoms with Gasteiger partial charge in [-0.1, -0.05) is 30.4 Å². The van der Waals surface area contributed by atoms with Crippen molar-refractivity contribution in [1.29, 1.82) is 0 Å². The van der Waals surface area contributed by atoms with Gasteiger partial charge in [0.1, 0.15) is 27.3 Å². The van der Waals surface area contributed by atoms with Crippen molar-refractivity contribution >= 4 is 52.2 Å². The lowest BCUT2D eigenvalue weighted by Crippen LogP contribution is -2.41. The van der Waals surface area contributed by atoms with Gasteiger partial charge >= 0.3 is 11.9 Å². The number of methoxy groups -OCH3 is 1. The molecule has 0 radical (unpaired) electrons. The maximum absolute atomic E-state index is 13.5. The Labute approximate surface area is 234 Å². The second-order valence-corrected chi connectivity index (χ2v) is 12.0. The van der Waals surface area contributed by atoms with Crippen molar-refractivity contribution in [3.05, 3.63) is 40.5 Å². The second-order valence-electron chi connectivity index (χ2n) is 10.3. The molecule has 1 aliphatic heterocycles. The largest absolute Gasteiger partial charge is 0.508 e. The number of carboxylic acid groups (broad SMARTS) is 2. The number of aryl methyl sites for hydroxylation is 1. The Morgan fingerprint density at radius 2 is 1.97 bits per heavy atom. The Kier molecular flexibility index (Phi) is 7.73. The molecule has 3 atom stereocenters. The van der Waals surface area contributed by atoms with Gasteiger partial charge in [-0.15, -0.1) is 0 Å². The van der Waals surface area contributed by atoms with Crippen molar-refractivity contribution in [1.82, 2.24) is 4.90 Å². The first-order chi connectivity index (χ1) is 18.6. The van der Waals surface area contributed by atoms with Crippen LogP contribution in [0.2, 0.25) is 0 Å². The van der Waals surface area contributed by atoms with Crippen LogP contribution in [-0.4, -0.2) is 55.5 Å². The zero-order chi connectivity index (χ0) is 27.8. The summed E-state index contributed by atoms with van der Waals surface area (Å²) in [6.45, 7) is 0. The predicted molar refractivity (Wildman–Crippen MR) is 148 cm³/mol. The molecule has 2 heterocycles. The minimum atomic E-state index is -1.51. The highest BCUT2D eigenvalue weighted by atomic mass is 32.2. The van der Waals surface area contributed by atoms with Crippen LogP contribution >= 0.6 is 24.0 Å². The molecule has 5 rings (SSSR count). The third kappa shape index (κ3) is 5.56. The fourth-order valence-corrected chi connectivity index (χ4v) is 7.35. The molecule has 1 aromatic carbocycles. The van der Waals surface area contributed by atoms with Gasteiger partial charge in [-0.25, -0.2) is 0 Å². The number of furan rings is 1. The molecule has 2 aromatic rings. The number of amides is 1. The Morgan fingerprint density at radius 3 is 2.62 bits per heavy atom. The van der Waals surface area contributed by atoms with E-state index in [2.05, 4.69) is 0 Å². The first kappa shape index (κ1) is 27.3. The molecule has 9 nitrogen and oxygen atoms in total. The summed E-state index contributed by atoms with van der Waals surface area (Å²) in [6, 6.07) is 6.58. The predicted octanol–water partition coefficient (Wildman–Crippen LogP) is 5.16. The maximum atomic E-state index is 13.5. The summed E-state index contributed by atoms with van der Waals surface area (Å²) < 4.78 is 12.0. The number of fused-ring (bicyclic) bond motifs is 2. The molecule has 39 heavy (non-hydrogen) atoms. The zero-order valence-electron chi connectivity index (χ0n) is 21.3. The number of hydrogen-bond acceptors (Lipinski definition) is 8. The lowest BCUT2D eigenvalue weighted by molar-refractivity contribution is -0.154. The summed E-state index contributed by atoms with van der Waals surface area (Å²) in [7, 11) is 1.48. The Balaban J connectivity index is 1.44. The molecule has 2 saturated carbocycles. The average molecular weight is 572 g/mol. The van der Waals surface area contributed by atoms with Gasteiger partial charge in [0.05, 0.1) is 12.0 Å². The zero-order valence-corrected chi connectivity index (χ0v) is 22.9. The standard InChI is InChI=1S/C28H29NO8S2/c1-36-19-10-17(9-18(30)12-19)22-11-16(3-2-4-20(26(32)33)27(34)35)23(37-22)13-24-25(31)29(28(38)39-24)21-8-14-5-6-15(21)7-14/h9-15,20-21,30H,2-8H2,1H3,(H,32,33)(H,34,35). The summed E-state index contributed by atoms with van der Waals surface area (Å²) in [5.74, 6) is -2.02. The van der Waals surface area contributed by atoms with Gasteiger partial charge in [-0.2, -0.15) is 0 Å². The maximum Gasteiger partial charge on any atom is 0.317 e. The van der Waals surface area contributed by atoms with E-state index in [0.29, 0.717) is 55.9 Å². The lowest BCUT2D eigenvalue weighted by Gasteiger charge is -2.30. The normalized spacial score (nSPS) is 23.4. The number of thiocarbonyl (C=S) groups is 1. The Hall–Kier alpha value is -3.31. The Morgan fingerprint density at radius 1 is 1.21 bits per heavy atom. The number of carbonyl (C=O) groups excluding carboxylic acids is 1. The van der Waals surface area contributed by atoms with Crippen LogP contribution in [0.5, 0.6) is 11.5 Å². The molecule has 1 amide bonds.